The third-order valence-electron chi connectivity index (χ3n) is 1.91. The quantitative estimate of drug-likeness (QED) is 0.739. The molecule has 68 valence electrons. The van der Waals surface area contributed by atoms with Crippen molar-refractivity contribution in [3.05, 3.63) is 22.5 Å². The molecule has 0 aliphatic carbocycles. The summed E-state index contributed by atoms with van der Waals surface area (Å²) >= 11 is 7.50. The molecule has 1 aromatic heterocycles. The molecule has 0 unspecified atom stereocenters. The first kappa shape index (κ1) is 8.66. The average molecular weight is 214 g/mol. The maximum Gasteiger partial charge on any atom is 0.129 e. The van der Waals surface area contributed by atoms with Crippen molar-refractivity contribution in [2.24, 2.45) is 0 Å². The number of nitrogen functional groups attached to an aromatic ring is 1. The predicted octanol–water partition coefficient (Wildman–Crippen LogP) is 3.15. The third kappa shape index (κ3) is 1.24. The molecule has 2 aromatic rings. The number of methoxy groups -OCH3 is 1. The molecule has 2 nitrogen and oxygen atoms in total. The van der Waals surface area contributed by atoms with Gasteiger partial charge in [-0.3, -0.25) is 0 Å². The molecule has 2 N–H and O–H groups in total. The Kier molecular flexibility index (Phi) is 2.06. The van der Waals surface area contributed by atoms with Crippen LogP contribution in [-0.2, 0) is 0 Å². The number of ether oxygens (including phenoxy) is 1. The van der Waals surface area contributed by atoms with Crippen molar-refractivity contribution in [3.8, 4) is 5.75 Å². The number of rotatable bonds is 1. The summed E-state index contributed by atoms with van der Waals surface area (Å²) in [6.45, 7) is 0. The second-order valence-electron chi connectivity index (χ2n) is 2.64. The van der Waals surface area contributed by atoms with Gasteiger partial charge in [0.05, 0.1) is 22.5 Å². The SMILES string of the molecule is COc1cc(Cl)c(N)c2sccc12. The van der Waals surface area contributed by atoms with Crippen LogP contribution in [0.3, 0.4) is 0 Å². The van der Waals surface area contributed by atoms with Crippen LogP contribution in [0.1, 0.15) is 0 Å². The van der Waals surface area contributed by atoms with E-state index in [1.165, 1.54) is 0 Å². The fourth-order valence-corrected chi connectivity index (χ4v) is 2.38. The molecule has 0 fully saturated rings. The van der Waals surface area contributed by atoms with Gasteiger partial charge >= 0.3 is 0 Å². The van der Waals surface area contributed by atoms with Crippen LogP contribution in [0.5, 0.6) is 5.75 Å². The molecular weight excluding hydrogens is 206 g/mol. The lowest BCUT2D eigenvalue weighted by Crippen LogP contribution is -1.89. The van der Waals surface area contributed by atoms with Gasteiger partial charge in [-0.05, 0) is 11.4 Å². The van der Waals surface area contributed by atoms with Crippen molar-refractivity contribution in [2.45, 2.75) is 0 Å². The minimum atomic E-state index is 0.548. The minimum absolute atomic E-state index is 0.548. The largest absolute Gasteiger partial charge is 0.496 e. The van der Waals surface area contributed by atoms with Crippen molar-refractivity contribution in [3.63, 3.8) is 0 Å². The molecule has 13 heavy (non-hydrogen) atoms. The molecule has 0 aliphatic rings. The molecule has 4 heteroatoms. The third-order valence-corrected chi connectivity index (χ3v) is 3.17. The number of thiophene rings is 1. The van der Waals surface area contributed by atoms with Gasteiger partial charge in [-0.1, -0.05) is 11.6 Å². The Labute approximate surface area is 84.9 Å². The first-order valence-electron chi connectivity index (χ1n) is 3.73. The topological polar surface area (TPSA) is 35.2 Å². The van der Waals surface area contributed by atoms with Crippen molar-refractivity contribution >= 4 is 38.7 Å². The summed E-state index contributed by atoms with van der Waals surface area (Å²) in [5.74, 6) is 0.774. The number of nitrogens with two attached hydrogens (primary N) is 1. The zero-order valence-electron chi connectivity index (χ0n) is 7.00. The van der Waals surface area contributed by atoms with Gasteiger partial charge in [0.1, 0.15) is 5.75 Å². The van der Waals surface area contributed by atoms with Gasteiger partial charge in [-0.2, -0.15) is 0 Å². The van der Waals surface area contributed by atoms with Crippen molar-refractivity contribution in [1.29, 1.82) is 0 Å². The maximum absolute atomic E-state index is 5.93. The summed E-state index contributed by atoms with van der Waals surface area (Å²) in [5.41, 5.74) is 6.44. The van der Waals surface area contributed by atoms with Crippen molar-refractivity contribution in [2.75, 3.05) is 12.8 Å². The summed E-state index contributed by atoms with van der Waals surface area (Å²) in [4.78, 5) is 0. The number of hydrogen-bond donors (Lipinski definition) is 1. The van der Waals surface area contributed by atoms with Crippen LogP contribution in [0.25, 0.3) is 10.1 Å². The number of anilines is 1. The van der Waals surface area contributed by atoms with Crippen LogP contribution in [0, 0.1) is 0 Å². The summed E-state index contributed by atoms with van der Waals surface area (Å²) < 4.78 is 6.18. The van der Waals surface area contributed by atoms with E-state index >= 15 is 0 Å². The van der Waals surface area contributed by atoms with Crippen molar-refractivity contribution in [1.82, 2.24) is 0 Å². The monoisotopic (exact) mass is 213 g/mol. The van der Waals surface area contributed by atoms with E-state index in [0.29, 0.717) is 10.7 Å². The Morgan fingerprint density at radius 2 is 2.31 bits per heavy atom. The van der Waals surface area contributed by atoms with Gasteiger partial charge in [-0.15, -0.1) is 11.3 Å². The molecule has 0 bridgehead atoms. The van der Waals surface area contributed by atoms with Crippen LogP contribution < -0.4 is 10.5 Å². The molecule has 0 spiro atoms. The lowest BCUT2D eigenvalue weighted by molar-refractivity contribution is 0.420. The zero-order valence-corrected chi connectivity index (χ0v) is 8.58. The van der Waals surface area contributed by atoms with E-state index < -0.39 is 0 Å². The van der Waals surface area contributed by atoms with E-state index in [9.17, 15) is 0 Å². The fraction of sp³-hybridized carbons (Fsp3) is 0.111. The van der Waals surface area contributed by atoms with Gasteiger partial charge in [0.25, 0.3) is 0 Å². The summed E-state index contributed by atoms with van der Waals surface area (Å²) in [7, 11) is 1.62. The molecule has 0 saturated carbocycles. The lowest BCUT2D eigenvalue weighted by Gasteiger charge is -2.05. The highest BCUT2D eigenvalue weighted by atomic mass is 35.5. The standard InChI is InChI=1S/C9H8ClNOS/c1-12-7-4-6(10)8(11)9-5(7)2-3-13-9/h2-4H,11H2,1H3. The number of benzene rings is 1. The van der Waals surface area contributed by atoms with Gasteiger partial charge in [0.2, 0.25) is 0 Å². The number of halogens is 1. The Bertz CT molecular complexity index is 452. The average Bonchev–Trinajstić information content (AvgIpc) is 2.60. The molecule has 0 amide bonds. The maximum atomic E-state index is 5.93. The molecule has 0 saturated heterocycles. The Balaban J connectivity index is 2.87. The second kappa shape index (κ2) is 3.09. The van der Waals surface area contributed by atoms with E-state index in [2.05, 4.69) is 0 Å². The summed E-state index contributed by atoms with van der Waals surface area (Å²) in [5, 5.41) is 3.54. The molecular formula is C9H8ClNOS. The summed E-state index contributed by atoms with van der Waals surface area (Å²) in [6, 6.07) is 3.72. The zero-order chi connectivity index (χ0) is 9.42. The molecule has 0 aliphatic heterocycles. The molecule has 2 rings (SSSR count). The van der Waals surface area contributed by atoms with Crippen molar-refractivity contribution < 1.29 is 4.74 Å². The van der Waals surface area contributed by atoms with E-state index in [4.69, 9.17) is 22.1 Å². The van der Waals surface area contributed by atoms with Gasteiger partial charge in [-0.25, -0.2) is 0 Å². The van der Waals surface area contributed by atoms with Crippen LogP contribution in [0.4, 0.5) is 5.69 Å². The molecule has 0 radical (unpaired) electrons. The van der Waals surface area contributed by atoms with E-state index in [-0.39, 0.29) is 0 Å². The number of fused-ring (bicyclic) bond motifs is 1. The fourth-order valence-electron chi connectivity index (χ4n) is 1.26. The van der Waals surface area contributed by atoms with Gasteiger partial charge in [0, 0.05) is 11.5 Å². The normalized spacial score (nSPS) is 10.6. The van der Waals surface area contributed by atoms with Crippen LogP contribution in [0.15, 0.2) is 17.5 Å². The van der Waals surface area contributed by atoms with E-state index in [0.717, 1.165) is 15.8 Å². The highest BCUT2D eigenvalue weighted by molar-refractivity contribution is 7.18. The van der Waals surface area contributed by atoms with Gasteiger partial charge in [0.15, 0.2) is 0 Å². The smallest absolute Gasteiger partial charge is 0.129 e. The van der Waals surface area contributed by atoms with E-state index in [1.807, 2.05) is 11.4 Å². The van der Waals surface area contributed by atoms with Gasteiger partial charge < -0.3 is 10.5 Å². The van der Waals surface area contributed by atoms with Crippen LogP contribution >= 0.6 is 22.9 Å². The van der Waals surface area contributed by atoms with Crippen LogP contribution in [-0.4, -0.2) is 7.11 Å². The van der Waals surface area contributed by atoms with Crippen LogP contribution in [0.2, 0.25) is 5.02 Å². The highest BCUT2D eigenvalue weighted by Gasteiger charge is 2.09. The van der Waals surface area contributed by atoms with E-state index in [1.54, 1.807) is 24.5 Å². The molecule has 0 atom stereocenters. The Hall–Kier alpha value is -0.930. The molecule has 1 aromatic carbocycles. The second-order valence-corrected chi connectivity index (χ2v) is 3.96. The summed E-state index contributed by atoms with van der Waals surface area (Å²) in [6.07, 6.45) is 0. The molecule has 1 heterocycles. The lowest BCUT2D eigenvalue weighted by atomic mass is 10.2. The number of hydrogen-bond acceptors (Lipinski definition) is 3. The Morgan fingerprint density at radius 3 is 3.00 bits per heavy atom. The highest BCUT2D eigenvalue weighted by Crippen LogP contribution is 2.38. The first-order chi connectivity index (χ1) is 6.24. The predicted molar refractivity (Wildman–Crippen MR) is 57.8 cm³/mol. The first-order valence-corrected chi connectivity index (χ1v) is 4.99. The Morgan fingerprint density at radius 1 is 1.54 bits per heavy atom. The minimum Gasteiger partial charge on any atom is -0.496 e.